The summed E-state index contributed by atoms with van der Waals surface area (Å²) in [5.41, 5.74) is 1.14. The number of nitrogens with zero attached hydrogens (tertiary/aromatic N) is 1. The van der Waals surface area contributed by atoms with Gasteiger partial charge in [0, 0.05) is 23.4 Å². The van der Waals surface area contributed by atoms with Crippen LogP contribution in [0.2, 0.25) is 5.02 Å². The van der Waals surface area contributed by atoms with E-state index in [9.17, 15) is 13.2 Å². The number of sulfonamides is 1. The predicted molar refractivity (Wildman–Crippen MR) is 114 cm³/mol. The van der Waals surface area contributed by atoms with E-state index in [1.807, 2.05) is 18.2 Å². The van der Waals surface area contributed by atoms with Crippen molar-refractivity contribution in [1.29, 1.82) is 0 Å². The number of anilines is 2. The Balaban J connectivity index is 1.46. The van der Waals surface area contributed by atoms with Gasteiger partial charge in [-0.15, -0.1) is 0 Å². The minimum absolute atomic E-state index is 0.161. The molecule has 3 aromatic carbocycles. The Bertz CT molecular complexity index is 1210. The van der Waals surface area contributed by atoms with Gasteiger partial charge < -0.3 is 10.1 Å². The van der Waals surface area contributed by atoms with Crippen molar-refractivity contribution < 1.29 is 17.9 Å². The Labute approximate surface area is 174 Å². The summed E-state index contributed by atoms with van der Waals surface area (Å²) in [6, 6.07) is 15.8. The first kappa shape index (κ1) is 19.5. The molecule has 1 aliphatic rings. The van der Waals surface area contributed by atoms with Crippen molar-refractivity contribution in [2.24, 2.45) is 0 Å². The van der Waals surface area contributed by atoms with Gasteiger partial charge in [0.15, 0.2) is 0 Å². The van der Waals surface area contributed by atoms with Crippen LogP contribution in [0.3, 0.4) is 0 Å². The second-order valence-electron chi connectivity index (χ2n) is 6.70. The zero-order valence-electron chi connectivity index (χ0n) is 15.7. The predicted octanol–water partition coefficient (Wildman–Crippen LogP) is 4.43. The summed E-state index contributed by atoms with van der Waals surface area (Å²) in [6.45, 7) is 0.218. The lowest BCUT2D eigenvalue weighted by molar-refractivity contribution is -0.116. The molecular formula is C21H19ClN2O4S. The van der Waals surface area contributed by atoms with E-state index in [4.69, 9.17) is 16.3 Å². The fraction of sp³-hybridized carbons (Fsp3) is 0.190. The van der Waals surface area contributed by atoms with E-state index in [0.717, 1.165) is 10.8 Å². The molecule has 8 heteroatoms. The molecule has 29 heavy (non-hydrogen) atoms. The number of benzene rings is 3. The first-order valence-electron chi connectivity index (χ1n) is 9.09. The van der Waals surface area contributed by atoms with E-state index in [0.29, 0.717) is 33.5 Å². The number of amides is 1. The van der Waals surface area contributed by atoms with Crippen molar-refractivity contribution in [2.75, 3.05) is 23.3 Å². The molecule has 0 spiro atoms. The highest BCUT2D eigenvalue weighted by Crippen LogP contribution is 2.42. The Morgan fingerprint density at radius 2 is 1.90 bits per heavy atom. The van der Waals surface area contributed by atoms with Crippen LogP contribution in [0.4, 0.5) is 11.4 Å². The molecule has 1 aliphatic heterocycles. The monoisotopic (exact) mass is 430 g/mol. The number of hydrogen-bond acceptors (Lipinski definition) is 4. The van der Waals surface area contributed by atoms with Crippen molar-refractivity contribution in [3.8, 4) is 5.75 Å². The molecule has 0 saturated heterocycles. The first-order chi connectivity index (χ1) is 13.9. The summed E-state index contributed by atoms with van der Waals surface area (Å²) >= 11 is 5.98. The number of carbonyl (C=O) groups excluding carboxylic acids is 1. The second-order valence-corrected chi connectivity index (χ2v) is 8.97. The van der Waals surface area contributed by atoms with Crippen LogP contribution in [0.1, 0.15) is 12.8 Å². The molecule has 0 aromatic heterocycles. The van der Waals surface area contributed by atoms with Crippen molar-refractivity contribution in [3.05, 3.63) is 59.6 Å². The highest BCUT2D eigenvalue weighted by atomic mass is 35.5. The van der Waals surface area contributed by atoms with Gasteiger partial charge in [-0.05, 0) is 42.1 Å². The SMILES string of the molecule is COc1ccc(Cl)cc1NC(=O)CCCN1c2cccc3cccc(c23)S1(=O)=O. The Morgan fingerprint density at radius 1 is 1.14 bits per heavy atom. The van der Waals surface area contributed by atoms with E-state index in [1.165, 1.54) is 11.4 Å². The Hall–Kier alpha value is -2.77. The minimum Gasteiger partial charge on any atom is -0.495 e. The highest BCUT2D eigenvalue weighted by molar-refractivity contribution is 7.93. The average molecular weight is 431 g/mol. The van der Waals surface area contributed by atoms with Gasteiger partial charge in [0.05, 0.1) is 23.4 Å². The van der Waals surface area contributed by atoms with Crippen LogP contribution in [0.15, 0.2) is 59.5 Å². The normalized spacial score (nSPS) is 14.2. The van der Waals surface area contributed by atoms with Crippen molar-refractivity contribution in [1.82, 2.24) is 0 Å². The summed E-state index contributed by atoms with van der Waals surface area (Å²) in [7, 11) is -2.10. The average Bonchev–Trinajstić information content (AvgIpc) is 2.91. The van der Waals surface area contributed by atoms with E-state index in [-0.39, 0.29) is 18.9 Å². The van der Waals surface area contributed by atoms with Crippen molar-refractivity contribution >= 4 is 49.7 Å². The number of hydrogen-bond donors (Lipinski definition) is 1. The molecule has 1 N–H and O–H groups in total. The van der Waals surface area contributed by atoms with E-state index >= 15 is 0 Å². The standard InChI is InChI=1S/C21H19ClN2O4S/c1-28-18-11-10-15(22)13-16(18)23-20(25)9-4-12-24-17-7-2-5-14-6-3-8-19(21(14)17)29(24,26)27/h2-3,5-8,10-11,13H,4,9,12H2,1H3,(H,23,25). The maximum atomic E-state index is 12.9. The molecule has 1 heterocycles. The topological polar surface area (TPSA) is 75.7 Å². The van der Waals surface area contributed by atoms with Crippen LogP contribution in [0.5, 0.6) is 5.75 Å². The van der Waals surface area contributed by atoms with E-state index in [2.05, 4.69) is 5.32 Å². The molecule has 0 bridgehead atoms. The maximum absolute atomic E-state index is 12.9. The van der Waals surface area contributed by atoms with Gasteiger partial charge in [-0.2, -0.15) is 0 Å². The smallest absolute Gasteiger partial charge is 0.265 e. The zero-order valence-corrected chi connectivity index (χ0v) is 17.3. The van der Waals surface area contributed by atoms with Crippen LogP contribution < -0.4 is 14.4 Å². The zero-order chi connectivity index (χ0) is 20.6. The fourth-order valence-corrected chi connectivity index (χ4v) is 5.49. The van der Waals surface area contributed by atoms with Gasteiger partial charge in [0.2, 0.25) is 5.91 Å². The highest BCUT2D eigenvalue weighted by Gasteiger charge is 2.35. The van der Waals surface area contributed by atoms with Crippen molar-refractivity contribution in [3.63, 3.8) is 0 Å². The lowest BCUT2D eigenvalue weighted by Crippen LogP contribution is -2.29. The molecular weight excluding hydrogens is 412 g/mol. The lowest BCUT2D eigenvalue weighted by atomic mass is 10.1. The van der Waals surface area contributed by atoms with Crippen molar-refractivity contribution in [2.45, 2.75) is 17.7 Å². The third-order valence-electron chi connectivity index (χ3n) is 4.88. The summed E-state index contributed by atoms with van der Waals surface area (Å²) in [5, 5.41) is 4.88. The quantitative estimate of drug-likeness (QED) is 0.627. The van der Waals surface area contributed by atoms with Gasteiger partial charge in [-0.1, -0.05) is 35.9 Å². The van der Waals surface area contributed by atoms with Gasteiger partial charge in [0.25, 0.3) is 10.0 Å². The van der Waals surface area contributed by atoms with E-state index < -0.39 is 10.0 Å². The number of carbonyl (C=O) groups is 1. The molecule has 1 amide bonds. The maximum Gasteiger partial charge on any atom is 0.265 e. The molecule has 150 valence electrons. The minimum atomic E-state index is -3.61. The summed E-state index contributed by atoms with van der Waals surface area (Å²) in [6.07, 6.45) is 0.534. The molecule has 0 fully saturated rings. The molecule has 0 radical (unpaired) electrons. The van der Waals surface area contributed by atoms with Crippen LogP contribution in [-0.2, 0) is 14.8 Å². The number of methoxy groups -OCH3 is 1. The fourth-order valence-electron chi connectivity index (χ4n) is 3.57. The third-order valence-corrected chi connectivity index (χ3v) is 6.97. The molecule has 0 aliphatic carbocycles. The Morgan fingerprint density at radius 3 is 2.66 bits per heavy atom. The van der Waals surface area contributed by atoms with Crippen LogP contribution in [0.25, 0.3) is 10.8 Å². The van der Waals surface area contributed by atoms with Gasteiger partial charge in [-0.25, -0.2) is 8.42 Å². The van der Waals surface area contributed by atoms with Crippen LogP contribution >= 0.6 is 11.6 Å². The molecule has 0 saturated carbocycles. The molecule has 0 atom stereocenters. The molecule has 4 rings (SSSR count). The first-order valence-corrected chi connectivity index (χ1v) is 10.9. The number of halogens is 1. The number of ether oxygens (including phenoxy) is 1. The summed E-state index contributed by atoms with van der Waals surface area (Å²) in [5.74, 6) is 0.268. The van der Waals surface area contributed by atoms with Gasteiger partial charge >= 0.3 is 0 Å². The summed E-state index contributed by atoms with van der Waals surface area (Å²) < 4.78 is 32.5. The molecule has 6 nitrogen and oxygen atoms in total. The van der Waals surface area contributed by atoms with Gasteiger partial charge in [0.1, 0.15) is 5.75 Å². The molecule has 3 aromatic rings. The van der Waals surface area contributed by atoms with Gasteiger partial charge in [-0.3, -0.25) is 9.10 Å². The largest absolute Gasteiger partial charge is 0.495 e. The number of nitrogens with one attached hydrogen (secondary N) is 1. The van der Waals surface area contributed by atoms with Crippen LogP contribution in [-0.4, -0.2) is 28.0 Å². The Kier molecular flexibility index (Phi) is 5.10. The summed E-state index contributed by atoms with van der Waals surface area (Å²) in [4.78, 5) is 12.7. The molecule has 0 unspecified atom stereocenters. The third kappa shape index (κ3) is 3.52. The lowest BCUT2D eigenvalue weighted by Gasteiger charge is -2.18. The second kappa shape index (κ2) is 7.57. The van der Waals surface area contributed by atoms with Crippen LogP contribution in [0, 0.1) is 0 Å². The van der Waals surface area contributed by atoms with E-state index in [1.54, 1.807) is 36.4 Å². The number of rotatable bonds is 6.